The summed E-state index contributed by atoms with van der Waals surface area (Å²) in [6.45, 7) is 0.198. The number of carbonyl (C=O) groups is 1. The lowest BCUT2D eigenvalue weighted by Crippen LogP contribution is -2.08. The molecule has 0 aliphatic carbocycles. The van der Waals surface area contributed by atoms with Crippen LogP contribution in [0.1, 0.15) is 16.2 Å². The first kappa shape index (κ1) is 22.1. The van der Waals surface area contributed by atoms with E-state index >= 15 is 0 Å². The third-order valence-corrected chi connectivity index (χ3v) is 6.10. The minimum atomic E-state index is 0.0249. The summed E-state index contributed by atoms with van der Waals surface area (Å²) in [5, 5.41) is 9.29. The van der Waals surface area contributed by atoms with Gasteiger partial charge in [0.05, 0.1) is 12.9 Å². The van der Waals surface area contributed by atoms with E-state index in [1.807, 2.05) is 71.3 Å². The monoisotopic (exact) mass is 509 g/mol. The van der Waals surface area contributed by atoms with Gasteiger partial charge in [-0.1, -0.05) is 70.2 Å². The van der Waals surface area contributed by atoms with E-state index in [4.69, 9.17) is 9.47 Å². The second-order valence-electron chi connectivity index (χ2n) is 6.73. The molecule has 162 valence electrons. The predicted octanol–water partition coefficient (Wildman–Crippen LogP) is 5.59. The van der Waals surface area contributed by atoms with Crippen molar-refractivity contribution in [3.8, 4) is 17.2 Å². The van der Waals surface area contributed by atoms with E-state index < -0.39 is 0 Å². The van der Waals surface area contributed by atoms with Gasteiger partial charge in [0.1, 0.15) is 6.61 Å². The summed E-state index contributed by atoms with van der Waals surface area (Å²) >= 11 is 4.74. The van der Waals surface area contributed by atoms with Crippen molar-refractivity contribution in [3.05, 3.63) is 94.7 Å². The minimum Gasteiger partial charge on any atom is -0.493 e. The molecule has 0 saturated carbocycles. The topological polar surface area (TPSA) is 66.2 Å². The van der Waals surface area contributed by atoms with Gasteiger partial charge < -0.3 is 9.47 Å². The standard InChI is InChI=1S/C24H20BrN3O3S/c1-30-21-9-5-6-10-22(21)31-15-23-26-27-24(28(23)19-7-3-2-4-8-19)32-16-20(29)17-11-13-18(25)14-12-17/h2-14H,15-16H2,1H3. The fourth-order valence-electron chi connectivity index (χ4n) is 3.05. The average Bonchev–Trinajstić information content (AvgIpc) is 3.25. The van der Waals surface area contributed by atoms with E-state index in [-0.39, 0.29) is 18.1 Å². The molecule has 4 rings (SSSR count). The largest absolute Gasteiger partial charge is 0.493 e. The lowest BCUT2D eigenvalue weighted by atomic mass is 10.2. The quantitative estimate of drug-likeness (QED) is 0.216. The molecular weight excluding hydrogens is 490 g/mol. The second-order valence-corrected chi connectivity index (χ2v) is 8.59. The van der Waals surface area contributed by atoms with Crippen molar-refractivity contribution in [2.45, 2.75) is 11.8 Å². The molecule has 0 N–H and O–H groups in total. The first-order valence-corrected chi connectivity index (χ1v) is 11.6. The predicted molar refractivity (Wildman–Crippen MR) is 128 cm³/mol. The highest BCUT2D eigenvalue weighted by molar-refractivity contribution is 9.10. The van der Waals surface area contributed by atoms with Gasteiger partial charge >= 0.3 is 0 Å². The third kappa shape index (κ3) is 5.20. The number of Topliss-reactive ketones (excluding diaryl/α,β-unsaturated/α-hetero) is 1. The normalized spacial score (nSPS) is 10.7. The highest BCUT2D eigenvalue weighted by Gasteiger charge is 2.17. The van der Waals surface area contributed by atoms with Crippen molar-refractivity contribution in [1.82, 2.24) is 14.8 Å². The number of benzene rings is 3. The minimum absolute atomic E-state index is 0.0249. The number of ether oxygens (including phenoxy) is 2. The fraction of sp³-hybridized carbons (Fsp3) is 0.125. The Kier molecular flexibility index (Phi) is 7.24. The molecule has 0 aliphatic rings. The number of carbonyl (C=O) groups excluding carboxylic acids is 1. The number of hydrogen-bond donors (Lipinski definition) is 0. The van der Waals surface area contributed by atoms with Crippen LogP contribution in [0.15, 0.2) is 88.5 Å². The Bertz CT molecular complexity index is 1200. The Morgan fingerprint density at radius 1 is 0.938 bits per heavy atom. The Labute approximate surface area is 198 Å². The molecule has 3 aromatic carbocycles. The summed E-state index contributed by atoms with van der Waals surface area (Å²) in [5.41, 5.74) is 1.56. The number of thioether (sulfide) groups is 1. The van der Waals surface area contributed by atoms with Gasteiger partial charge in [-0.05, 0) is 36.4 Å². The van der Waals surface area contributed by atoms with Crippen LogP contribution in [0.2, 0.25) is 0 Å². The number of methoxy groups -OCH3 is 1. The summed E-state index contributed by atoms with van der Waals surface area (Å²) in [6.07, 6.45) is 0. The number of rotatable bonds is 9. The molecule has 1 heterocycles. The molecule has 0 saturated heterocycles. The van der Waals surface area contributed by atoms with Crippen LogP contribution in [0, 0.1) is 0 Å². The number of para-hydroxylation sites is 3. The van der Waals surface area contributed by atoms with E-state index in [1.165, 1.54) is 11.8 Å². The average molecular weight is 510 g/mol. The summed E-state index contributed by atoms with van der Waals surface area (Å²) < 4.78 is 14.2. The van der Waals surface area contributed by atoms with Crippen molar-refractivity contribution in [2.24, 2.45) is 0 Å². The molecule has 0 aliphatic heterocycles. The number of halogens is 1. The van der Waals surface area contributed by atoms with E-state index in [9.17, 15) is 4.79 Å². The summed E-state index contributed by atoms with van der Waals surface area (Å²) in [5.74, 6) is 2.17. The molecule has 0 bridgehead atoms. The molecule has 0 spiro atoms. The maximum atomic E-state index is 12.6. The van der Waals surface area contributed by atoms with E-state index in [1.54, 1.807) is 19.2 Å². The molecule has 0 unspecified atom stereocenters. The number of hydrogen-bond acceptors (Lipinski definition) is 6. The first-order chi connectivity index (χ1) is 15.7. The molecule has 1 aromatic heterocycles. The van der Waals surface area contributed by atoms with Crippen molar-refractivity contribution in [1.29, 1.82) is 0 Å². The number of nitrogens with zero attached hydrogens (tertiary/aromatic N) is 3. The van der Waals surface area contributed by atoms with Crippen LogP contribution in [-0.2, 0) is 6.61 Å². The molecule has 4 aromatic rings. The van der Waals surface area contributed by atoms with Gasteiger partial charge in [-0.2, -0.15) is 0 Å². The van der Waals surface area contributed by atoms with Crippen LogP contribution >= 0.6 is 27.7 Å². The molecular formula is C24H20BrN3O3S. The maximum absolute atomic E-state index is 12.6. The van der Waals surface area contributed by atoms with Crippen molar-refractivity contribution in [3.63, 3.8) is 0 Å². The fourth-order valence-corrected chi connectivity index (χ4v) is 4.18. The van der Waals surface area contributed by atoms with E-state index in [0.29, 0.717) is 28.0 Å². The summed E-state index contributed by atoms with van der Waals surface area (Å²) in [7, 11) is 1.60. The first-order valence-electron chi connectivity index (χ1n) is 9.83. The molecule has 8 heteroatoms. The van der Waals surface area contributed by atoms with Gasteiger partial charge in [0.15, 0.2) is 28.3 Å². The summed E-state index contributed by atoms with van der Waals surface area (Å²) in [6, 6.07) is 24.6. The molecule has 6 nitrogen and oxygen atoms in total. The van der Waals surface area contributed by atoms with Gasteiger partial charge in [-0.25, -0.2) is 0 Å². The van der Waals surface area contributed by atoms with Gasteiger partial charge in [0.2, 0.25) is 0 Å². The van der Waals surface area contributed by atoms with Gasteiger partial charge in [-0.3, -0.25) is 9.36 Å². The molecule has 0 radical (unpaired) electrons. The Balaban J connectivity index is 1.55. The van der Waals surface area contributed by atoms with Crippen LogP contribution in [0.3, 0.4) is 0 Å². The molecule has 32 heavy (non-hydrogen) atoms. The van der Waals surface area contributed by atoms with Gasteiger partial charge in [-0.15, -0.1) is 10.2 Å². The lowest BCUT2D eigenvalue weighted by Gasteiger charge is -2.12. The molecule has 0 fully saturated rings. The van der Waals surface area contributed by atoms with Gasteiger partial charge in [0, 0.05) is 15.7 Å². The van der Waals surface area contributed by atoms with Crippen molar-refractivity contribution >= 4 is 33.5 Å². The van der Waals surface area contributed by atoms with E-state index in [0.717, 1.165) is 10.2 Å². The van der Waals surface area contributed by atoms with Crippen molar-refractivity contribution in [2.75, 3.05) is 12.9 Å². The molecule has 0 amide bonds. The van der Waals surface area contributed by atoms with Crippen LogP contribution in [0.25, 0.3) is 5.69 Å². The Morgan fingerprint density at radius 3 is 2.34 bits per heavy atom. The zero-order chi connectivity index (χ0) is 22.3. The lowest BCUT2D eigenvalue weighted by molar-refractivity contribution is 0.102. The SMILES string of the molecule is COc1ccccc1OCc1nnc(SCC(=O)c2ccc(Br)cc2)n1-c1ccccc1. The van der Waals surface area contributed by atoms with Gasteiger partial charge in [0.25, 0.3) is 0 Å². The maximum Gasteiger partial charge on any atom is 0.196 e. The van der Waals surface area contributed by atoms with Crippen LogP contribution in [0.5, 0.6) is 11.5 Å². The zero-order valence-electron chi connectivity index (χ0n) is 17.3. The summed E-state index contributed by atoms with van der Waals surface area (Å²) in [4.78, 5) is 12.6. The van der Waals surface area contributed by atoms with Crippen molar-refractivity contribution < 1.29 is 14.3 Å². The smallest absolute Gasteiger partial charge is 0.196 e. The highest BCUT2D eigenvalue weighted by Crippen LogP contribution is 2.28. The second kappa shape index (κ2) is 10.5. The molecule has 0 atom stereocenters. The van der Waals surface area contributed by atoms with Crippen LogP contribution in [0.4, 0.5) is 0 Å². The number of aromatic nitrogens is 3. The third-order valence-electron chi connectivity index (χ3n) is 4.64. The van der Waals surface area contributed by atoms with Crippen LogP contribution in [-0.4, -0.2) is 33.4 Å². The Hall–Kier alpha value is -3.10. The number of ketones is 1. The van der Waals surface area contributed by atoms with E-state index in [2.05, 4.69) is 26.1 Å². The highest BCUT2D eigenvalue weighted by atomic mass is 79.9. The van der Waals surface area contributed by atoms with Crippen LogP contribution < -0.4 is 9.47 Å². The zero-order valence-corrected chi connectivity index (χ0v) is 19.7. The Morgan fingerprint density at radius 2 is 1.62 bits per heavy atom.